The average Bonchev–Trinajstić information content (AvgIpc) is 2.75. The molecule has 0 unspecified atom stereocenters. The number of hydrogen-bond acceptors (Lipinski definition) is 5. The topological polar surface area (TPSA) is 43.0 Å². The summed E-state index contributed by atoms with van der Waals surface area (Å²) in [5.41, 5.74) is 2.12. The van der Waals surface area contributed by atoms with Gasteiger partial charge in [-0.3, -0.25) is 4.90 Å². The fraction of sp³-hybridized carbons (Fsp3) is 0.455. The smallest absolute Gasteiger partial charge is 0.167 e. The SMILES string of the molecule is COc1ccc(Br)c(CNCCCN2CCOCC2)c1OCc1ccc(Cl)cc1. The molecule has 0 amide bonds. The zero-order valence-corrected chi connectivity index (χ0v) is 19.1. The fourth-order valence-electron chi connectivity index (χ4n) is 3.27. The molecule has 158 valence electrons. The van der Waals surface area contributed by atoms with Gasteiger partial charge in [0.25, 0.3) is 0 Å². The van der Waals surface area contributed by atoms with E-state index in [1.165, 1.54) is 0 Å². The summed E-state index contributed by atoms with van der Waals surface area (Å²) in [7, 11) is 1.66. The van der Waals surface area contributed by atoms with Gasteiger partial charge in [-0.05, 0) is 49.3 Å². The van der Waals surface area contributed by atoms with Gasteiger partial charge >= 0.3 is 0 Å². The predicted octanol–water partition coefficient (Wildman–Crippen LogP) is 4.50. The number of ether oxygens (including phenoxy) is 3. The molecule has 5 nitrogen and oxygen atoms in total. The Hall–Kier alpha value is -1.31. The predicted molar refractivity (Wildman–Crippen MR) is 120 cm³/mol. The minimum absolute atomic E-state index is 0.452. The van der Waals surface area contributed by atoms with Crippen LogP contribution in [0.15, 0.2) is 40.9 Å². The van der Waals surface area contributed by atoms with Gasteiger partial charge in [0.1, 0.15) is 6.61 Å². The maximum absolute atomic E-state index is 6.16. The molecule has 0 spiro atoms. The molecule has 2 aromatic rings. The molecular formula is C22H28BrClN2O3. The summed E-state index contributed by atoms with van der Waals surface area (Å²) < 4.78 is 18.1. The van der Waals surface area contributed by atoms with Gasteiger partial charge in [-0.25, -0.2) is 0 Å². The molecule has 1 fully saturated rings. The largest absolute Gasteiger partial charge is 0.493 e. The maximum atomic E-state index is 6.16. The minimum atomic E-state index is 0.452. The van der Waals surface area contributed by atoms with E-state index in [4.69, 9.17) is 25.8 Å². The lowest BCUT2D eigenvalue weighted by molar-refractivity contribution is 0.0374. The highest BCUT2D eigenvalue weighted by Crippen LogP contribution is 2.36. The first kappa shape index (κ1) is 22.4. The lowest BCUT2D eigenvalue weighted by Gasteiger charge is -2.26. The Kier molecular flexibility index (Phi) is 9.08. The van der Waals surface area contributed by atoms with E-state index >= 15 is 0 Å². The number of benzene rings is 2. The lowest BCUT2D eigenvalue weighted by atomic mass is 10.1. The molecule has 0 bridgehead atoms. The Morgan fingerprint density at radius 1 is 1.14 bits per heavy atom. The Morgan fingerprint density at radius 3 is 2.62 bits per heavy atom. The molecule has 0 radical (unpaired) electrons. The Labute approximate surface area is 186 Å². The van der Waals surface area contributed by atoms with Crippen LogP contribution in [0.1, 0.15) is 17.5 Å². The summed E-state index contributed by atoms with van der Waals surface area (Å²) in [6.45, 7) is 6.95. The minimum Gasteiger partial charge on any atom is -0.493 e. The third-order valence-electron chi connectivity index (χ3n) is 4.92. The molecule has 0 atom stereocenters. The number of hydrogen-bond donors (Lipinski definition) is 1. The third-order valence-corrected chi connectivity index (χ3v) is 5.91. The van der Waals surface area contributed by atoms with Gasteiger partial charge in [0, 0.05) is 34.7 Å². The van der Waals surface area contributed by atoms with Crippen molar-refractivity contribution in [1.29, 1.82) is 0 Å². The van der Waals surface area contributed by atoms with Crippen LogP contribution < -0.4 is 14.8 Å². The molecule has 2 aromatic carbocycles. The summed E-state index contributed by atoms with van der Waals surface area (Å²) in [6, 6.07) is 11.6. The molecule has 0 aromatic heterocycles. The quantitative estimate of drug-likeness (QED) is 0.504. The number of nitrogens with zero attached hydrogens (tertiary/aromatic N) is 1. The van der Waals surface area contributed by atoms with Crippen molar-refractivity contribution in [3.05, 3.63) is 57.0 Å². The second kappa shape index (κ2) is 11.8. The molecule has 1 saturated heterocycles. The summed E-state index contributed by atoms with van der Waals surface area (Å²) in [6.07, 6.45) is 1.10. The van der Waals surface area contributed by atoms with Gasteiger partial charge in [0.15, 0.2) is 11.5 Å². The Morgan fingerprint density at radius 2 is 1.90 bits per heavy atom. The van der Waals surface area contributed by atoms with E-state index < -0.39 is 0 Å². The third kappa shape index (κ3) is 6.86. The fourth-order valence-corrected chi connectivity index (χ4v) is 3.85. The zero-order chi connectivity index (χ0) is 20.5. The van der Waals surface area contributed by atoms with E-state index in [1.54, 1.807) is 7.11 Å². The second-order valence-electron chi connectivity index (χ2n) is 6.96. The summed E-state index contributed by atoms with van der Waals surface area (Å²) >= 11 is 9.63. The molecular weight excluding hydrogens is 456 g/mol. The van der Waals surface area contributed by atoms with Crippen molar-refractivity contribution >= 4 is 27.5 Å². The van der Waals surface area contributed by atoms with Crippen LogP contribution in [-0.2, 0) is 17.9 Å². The van der Waals surface area contributed by atoms with Crippen molar-refractivity contribution < 1.29 is 14.2 Å². The number of rotatable bonds is 10. The van der Waals surface area contributed by atoms with Crippen molar-refractivity contribution in [2.45, 2.75) is 19.6 Å². The van der Waals surface area contributed by atoms with Crippen LogP contribution in [0.25, 0.3) is 0 Å². The highest BCUT2D eigenvalue weighted by molar-refractivity contribution is 9.10. The van der Waals surface area contributed by atoms with Crippen molar-refractivity contribution in [1.82, 2.24) is 10.2 Å². The molecule has 29 heavy (non-hydrogen) atoms. The molecule has 0 saturated carbocycles. The molecule has 1 aliphatic rings. The van der Waals surface area contributed by atoms with Gasteiger partial charge in [-0.15, -0.1) is 0 Å². The van der Waals surface area contributed by atoms with Crippen molar-refractivity contribution in [2.24, 2.45) is 0 Å². The van der Waals surface area contributed by atoms with Crippen molar-refractivity contribution in [3.63, 3.8) is 0 Å². The van der Waals surface area contributed by atoms with Gasteiger partial charge in [0.05, 0.1) is 20.3 Å². The monoisotopic (exact) mass is 482 g/mol. The molecule has 3 rings (SSSR count). The van der Waals surface area contributed by atoms with Gasteiger partial charge in [0.2, 0.25) is 0 Å². The van der Waals surface area contributed by atoms with Crippen LogP contribution in [0.2, 0.25) is 5.02 Å². The first-order valence-electron chi connectivity index (χ1n) is 9.91. The molecule has 1 N–H and O–H groups in total. The summed E-state index contributed by atoms with van der Waals surface area (Å²) in [4.78, 5) is 2.45. The Bertz CT molecular complexity index is 767. The number of morpholine rings is 1. The van der Waals surface area contributed by atoms with Crippen LogP contribution in [-0.4, -0.2) is 51.4 Å². The van der Waals surface area contributed by atoms with Crippen LogP contribution in [0, 0.1) is 0 Å². The van der Waals surface area contributed by atoms with Crippen LogP contribution >= 0.6 is 27.5 Å². The molecule has 7 heteroatoms. The van der Waals surface area contributed by atoms with Crippen LogP contribution in [0.3, 0.4) is 0 Å². The van der Waals surface area contributed by atoms with Crippen LogP contribution in [0.4, 0.5) is 0 Å². The van der Waals surface area contributed by atoms with Gasteiger partial charge in [-0.2, -0.15) is 0 Å². The van der Waals surface area contributed by atoms with E-state index in [0.717, 1.165) is 77.9 Å². The summed E-state index contributed by atoms with van der Waals surface area (Å²) in [5.74, 6) is 1.49. The number of methoxy groups -OCH3 is 1. The van der Waals surface area contributed by atoms with E-state index in [0.29, 0.717) is 13.2 Å². The lowest BCUT2D eigenvalue weighted by Crippen LogP contribution is -2.37. The van der Waals surface area contributed by atoms with Crippen LogP contribution in [0.5, 0.6) is 11.5 Å². The normalized spacial score (nSPS) is 14.7. The first-order valence-corrected chi connectivity index (χ1v) is 11.1. The maximum Gasteiger partial charge on any atom is 0.167 e. The van der Waals surface area contributed by atoms with Crippen molar-refractivity contribution in [2.75, 3.05) is 46.5 Å². The highest BCUT2D eigenvalue weighted by Gasteiger charge is 2.15. The molecule has 1 aliphatic heterocycles. The highest BCUT2D eigenvalue weighted by atomic mass is 79.9. The van der Waals surface area contributed by atoms with E-state index in [1.807, 2.05) is 36.4 Å². The van der Waals surface area contributed by atoms with Crippen molar-refractivity contribution in [3.8, 4) is 11.5 Å². The summed E-state index contributed by atoms with van der Waals surface area (Å²) in [5, 5.41) is 4.26. The number of nitrogens with one attached hydrogen (secondary N) is 1. The van der Waals surface area contributed by atoms with E-state index in [-0.39, 0.29) is 0 Å². The number of halogens is 2. The molecule has 1 heterocycles. The second-order valence-corrected chi connectivity index (χ2v) is 8.25. The molecule has 0 aliphatic carbocycles. The first-order chi connectivity index (χ1) is 14.2. The zero-order valence-electron chi connectivity index (χ0n) is 16.8. The average molecular weight is 484 g/mol. The standard InChI is InChI=1S/C22H28BrClN2O3/c1-27-21-8-7-20(23)19(15-25-9-2-10-26-11-13-28-14-12-26)22(21)29-16-17-3-5-18(24)6-4-17/h3-8,25H,2,9-16H2,1H3. The van der Waals surface area contributed by atoms with Gasteiger partial charge < -0.3 is 19.5 Å². The Balaban J connectivity index is 1.56. The van der Waals surface area contributed by atoms with E-state index in [9.17, 15) is 0 Å². The van der Waals surface area contributed by atoms with Gasteiger partial charge in [-0.1, -0.05) is 39.7 Å². The van der Waals surface area contributed by atoms with E-state index in [2.05, 4.69) is 26.1 Å².